The van der Waals surface area contributed by atoms with E-state index in [1.54, 1.807) is 0 Å². The van der Waals surface area contributed by atoms with Crippen molar-refractivity contribution < 1.29 is 4.74 Å². The topological polar surface area (TPSA) is 61.3 Å². The SMILES string of the molecule is Nc1ccccc1-c1c(N)cccc1OCc1ccccc1. The molecular weight excluding hydrogens is 272 g/mol. The number of rotatable bonds is 4. The molecule has 0 aliphatic carbocycles. The average molecular weight is 290 g/mol. The van der Waals surface area contributed by atoms with Crippen molar-refractivity contribution in [2.75, 3.05) is 11.5 Å². The van der Waals surface area contributed by atoms with Crippen LogP contribution in [0.2, 0.25) is 0 Å². The van der Waals surface area contributed by atoms with Crippen molar-refractivity contribution in [3.63, 3.8) is 0 Å². The van der Waals surface area contributed by atoms with E-state index in [2.05, 4.69) is 0 Å². The molecule has 3 rings (SSSR count). The Morgan fingerprint density at radius 3 is 2.14 bits per heavy atom. The van der Waals surface area contributed by atoms with Gasteiger partial charge in [-0.05, 0) is 23.8 Å². The Morgan fingerprint density at radius 1 is 0.682 bits per heavy atom. The van der Waals surface area contributed by atoms with Crippen molar-refractivity contribution in [2.45, 2.75) is 6.61 Å². The monoisotopic (exact) mass is 290 g/mol. The van der Waals surface area contributed by atoms with Gasteiger partial charge in [-0.1, -0.05) is 54.6 Å². The Balaban J connectivity index is 1.95. The second-order valence-electron chi connectivity index (χ2n) is 5.08. The van der Waals surface area contributed by atoms with Gasteiger partial charge in [-0.3, -0.25) is 0 Å². The maximum Gasteiger partial charge on any atom is 0.129 e. The molecule has 0 saturated heterocycles. The summed E-state index contributed by atoms with van der Waals surface area (Å²) in [5.74, 6) is 0.738. The zero-order chi connectivity index (χ0) is 15.4. The molecule has 22 heavy (non-hydrogen) atoms. The van der Waals surface area contributed by atoms with Crippen LogP contribution in [0, 0.1) is 0 Å². The summed E-state index contributed by atoms with van der Waals surface area (Å²) in [7, 11) is 0. The van der Waals surface area contributed by atoms with Crippen molar-refractivity contribution in [1.29, 1.82) is 0 Å². The fourth-order valence-corrected chi connectivity index (χ4v) is 2.42. The van der Waals surface area contributed by atoms with Gasteiger partial charge in [0.05, 0.1) is 0 Å². The van der Waals surface area contributed by atoms with Crippen LogP contribution < -0.4 is 16.2 Å². The molecule has 0 aromatic heterocycles. The van der Waals surface area contributed by atoms with E-state index in [1.165, 1.54) is 0 Å². The van der Waals surface area contributed by atoms with Crippen LogP contribution in [0.3, 0.4) is 0 Å². The third kappa shape index (κ3) is 2.88. The maximum absolute atomic E-state index is 6.16. The van der Waals surface area contributed by atoms with E-state index >= 15 is 0 Å². The number of para-hydroxylation sites is 1. The van der Waals surface area contributed by atoms with E-state index in [4.69, 9.17) is 16.2 Å². The van der Waals surface area contributed by atoms with Gasteiger partial charge in [-0.25, -0.2) is 0 Å². The Hall–Kier alpha value is -2.94. The molecule has 0 atom stereocenters. The molecule has 110 valence electrons. The minimum absolute atomic E-state index is 0.490. The third-order valence-corrected chi connectivity index (χ3v) is 3.53. The molecule has 0 bridgehead atoms. The lowest BCUT2D eigenvalue weighted by Gasteiger charge is -2.15. The molecule has 3 aromatic carbocycles. The van der Waals surface area contributed by atoms with Crippen molar-refractivity contribution in [1.82, 2.24) is 0 Å². The highest BCUT2D eigenvalue weighted by atomic mass is 16.5. The number of ether oxygens (including phenoxy) is 1. The molecule has 0 fully saturated rings. The quantitative estimate of drug-likeness (QED) is 0.711. The number of benzene rings is 3. The van der Waals surface area contributed by atoms with E-state index in [-0.39, 0.29) is 0 Å². The molecule has 0 aliphatic rings. The van der Waals surface area contributed by atoms with E-state index in [9.17, 15) is 0 Å². The molecule has 3 heteroatoms. The highest BCUT2D eigenvalue weighted by Crippen LogP contribution is 2.38. The Kier molecular flexibility index (Phi) is 3.97. The normalized spacial score (nSPS) is 10.4. The Bertz CT molecular complexity index is 769. The number of anilines is 2. The van der Waals surface area contributed by atoms with Crippen molar-refractivity contribution in [3.8, 4) is 16.9 Å². The van der Waals surface area contributed by atoms with Crippen LogP contribution in [0.4, 0.5) is 11.4 Å². The van der Waals surface area contributed by atoms with E-state index < -0.39 is 0 Å². The molecule has 0 aliphatic heterocycles. The lowest BCUT2D eigenvalue weighted by Crippen LogP contribution is -2.00. The zero-order valence-corrected chi connectivity index (χ0v) is 12.2. The standard InChI is InChI=1S/C19H18N2O/c20-16-10-5-4-9-15(16)19-17(21)11-6-12-18(19)22-13-14-7-2-1-3-8-14/h1-12H,13,20-21H2. The molecule has 0 radical (unpaired) electrons. The predicted molar refractivity (Wildman–Crippen MR) is 91.5 cm³/mol. The summed E-state index contributed by atoms with van der Waals surface area (Å²) < 4.78 is 5.98. The largest absolute Gasteiger partial charge is 0.488 e. The molecule has 0 heterocycles. The predicted octanol–water partition coefficient (Wildman–Crippen LogP) is 4.10. The lowest BCUT2D eigenvalue weighted by atomic mass is 10.0. The maximum atomic E-state index is 6.16. The van der Waals surface area contributed by atoms with Gasteiger partial charge in [0.2, 0.25) is 0 Å². The first-order valence-electron chi connectivity index (χ1n) is 7.16. The second-order valence-corrected chi connectivity index (χ2v) is 5.08. The molecule has 3 nitrogen and oxygen atoms in total. The van der Waals surface area contributed by atoms with Crippen LogP contribution >= 0.6 is 0 Å². The molecular formula is C19H18N2O. The van der Waals surface area contributed by atoms with Crippen molar-refractivity contribution in [2.24, 2.45) is 0 Å². The Morgan fingerprint density at radius 2 is 1.36 bits per heavy atom. The Labute approximate surface area is 130 Å². The van der Waals surface area contributed by atoms with Crippen LogP contribution in [0.15, 0.2) is 72.8 Å². The first-order chi connectivity index (χ1) is 10.8. The van der Waals surface area contributed by atoms with Gasteiger partial charge in [0.25, 0.3) is 0 Å². The van der Waals surface area contributed by atoms with Crippen molar-refractivity contribution >= 4 is 11.4 Å². The molecule has 4 N–H and O–H groups in total. The lowest BCUT2D eigenvalue weighted by molar-refractivity contribution is 0.307. The molecule has 0 unspecified atom stereocenters. The first-order valence-corrected chi connectivity index (χ1v) is 7.16. The number of hydrogen-bond donors (Lipinski definition) is 2. The highest BCUT2D eigenvalue weighted by molar-refractivity contribution is 5.88. The smallest absolute Gasteiger partial charge is 0.129 e. The van der Waals surface area contributed by atoms with E-state index in [0.29, 0.717) is 18.0 Å². The molecule has 0 saturated carbocycles. The van der Waals surface area contributed by atoms with Gasteiger partial charge >= 0.3 is 0 Å². The van der Waals surface area contributed by atoms with E-state index in [1.807, 2.05) is 72.8 Å². The summed E-state index contributed by atoms with van der Waals surface area (Å²) in [6.07, 6.45) is 0. The fraction of sp³-hybridized carbons (Fsp3) is 0.0526. The number of hydrogen-bond acceptors (Lipinski definition) is 3. The van der Waals surface area contributed by atoms with Gasteiger partial charge in [0.15, 0.2) is 0 Å². The fourth-order valence-electron chi connectivity index (χ4n) is 2.42. The van der Waals surface area contributed by atoms with Crippen LogP contribution in [-0.2, 0) is 6.61 Å². The van der Waals surface area contributed by atoms with Gasteiger partial charge < -0.3 is 16.2 Å². The van der Waals surface area contributed by atoms with Crippen LogP contribution in [0.1, 0.15) is 5.56 Å². The van der Waals surface area contributed by atoms with Gasteiger partial charge in [0, 0.05) is 22.5 Å². The molecule has 0 spiro atoms. The summed E-state index contributed by atoms with van der Waals surface area (Å²) in [5.41, 5.74) is 16.4. The summed E-state index contributed by atoms with van der Waals surface area (Å²) in [5, 5.41) is 0. The number of nitrogens with two attached hydrogens (primary N) is 2. The van der Waals surface area contributed by atoms with Gasteiger partial charge in [-0.2, -0.15) is 0 Å². The molecule has 3 aromatic rings. The van der Waals surface area contributed by atoms with E-state index in [0.717, 1.165) is 22.4 Å². The minimum atomic E-state index is 0.490. The van der Waals surface area contributed by atoms with Crippen molar-refractivity contribution in [3.05, 3.63) is 78.4 Å². The molecule has 0 amide bonds. The summed E-state index contributed by atoms with van der Waals surface area (Å²) >= 11 is 0. The zero-order valence-electron chi connectivity index (χ0n) is 12.2. The van der Waals surface area contributed by atoms with Crippen LogP contribution in [0.25, 0.3) is 11.1 Å². The van der Waals surface area contributed by atoms with Gasteiger partial charge in [-0.15, -0.1) is 0 Å². The number of nitrogen functional groups attached to an aromatic ring is 2. The third-order valence-electron chi connectivity index (χ3n) is 3.53. The van der Waals surface area contributed by atoms with Crippen LogP contribution in [0.5, 0.6) is 5.75 Å². The van der Waals surface area contributed by atoms with Crippen LogP contribution in [-0.4, -0.2) is 0 Å². The summed E-state index contributed by atoms with van der Waals surface area (Å²) in [6, 6.07) is 23.4. The minimum Gasteiger partial charge on any atom is -0.488 e. The summed E-state index contributed by atoms with van der Waals surface area (Å²) in [6.45, 7) is 0.490. The second kappa shape index (κ2) is 6.22. The first kappa shape index (κ1) is 14.0. The highest BCUT2D eigenvalue weighted by Gasteiger charge is 2.12. The van der Waals surface area contributed by atoms with Gasteiger partial charge in [0.1, 0.15) is 12.4 Å². The summed E-state index contributed by atoms with van der Waals surface area (Å²) in [4.78, 5) is 0. The average Bonchev–Trinajstić information content (AvgIpc) is 2.55.